The lowest BCUT2D eigenvalue weighted by Crippen LogP contribution is -2.47. The molecule has 0 aliphatic carbocycles. The predicted octanol–water partition coefficient (Wildman–Crippen LogP) is 5.59. The van der Waals surface area contributed by atoms with Crippen LogP contribution in [0, 0.1) is 11.3 Å². The van der Waals surface area contributed by atoms with E-state index in [0.717, 1.165) is 0 Å². The minimum absolute atomic E-state index is 0.00857. The molecule has 3 heterocycles. The van der Waals surface area contributed by atoms with Gasteiger partial charge < -0.3 is 19.8 Å². The number of anilines is 2. The minimum atomic E-state index is -4.51. The van der Waals surface area contributed by atoms with Gasteiger partial charge >= 0.3 is 12.1 Å². The topological polar surface area (TPSA) is 134 Å². The molecule has 0 saturated carbocycles. The first-order valence-electron chi connectivity index (χ1n) is 14.0. The van der Waals surface area contributed by atoms with E-state index < -0.39 is 46.5 Å². The summed E-state index contributed by atoms with van der Waals surface area (Å²) in [6.45, 7) is 10.3. The summed E-state index contributed by atoms with van der Waals surface area (Å²) in [6, 6.07) is 7.67. The number of aromatic nitrogens is 3. The summed E-state index contributed by atoms with van der Waals surface area (Å²) in [5.74, 6) is -0.326. The summed E-state index contributed by atoms with van der Waals surface area (Å²) in [6.07, 6.45) is -3.24. The molecule has 3 atom stereocenters. The molecule has 232 valence electrons. The van der Waals surface area contributed by atoms with Crippen LogP contribution >= 0.6 is 0 Å². The number of alkyl halides is 3. The number of ether oxygens (including phenoxy) is 2. The van der Waals surface area contributed by atoms with Crippen molar-refractivity contribution < 1.29 is 27.4 Å². The largest absolute Gasteiger partial charge is 0.458 e. The van der Waals surface area contributed by atoms with Crippen molar-refractivity contribution in [2.75, 3.05) is 11.9 Å². The Morgan fingerprint density at radius 3 is 2.42 bits per heavy atom. The van der Waals surface area contributed by atoms with Gasteiger partial charge in [0.1, 0.15) is 17.0 Å². The molecule has 2 aromatic heterocycles. The number of nitrogens with zero attached hydrogens (tertiary/aromatic N) is 3. The predicted molar refractivity (Wildman–Crippen MR) is 155 cm³/mol. The number of halogens is 3. The van der Waals surface area contributed by atoms with Crippen LogP contribution in [0.4, 0.5) is 24.7 Å². The number of benzene rings is 1. The van der Waals surface area contributed by atoms with Crippen LogP contribution in [0.15, 0.2) is 41.3 Å². The Labute approximate surface area is 247 Å². The van der Waals surface area contributed by atoms with Crippen molar-refractivity contribution in [2.45, 2.75) is 95.8 Å². The zero-order valence-electron chi connectivity index (χ0n) is 25.1. The molecular formula is C30H37F3N6O4. The Balaban J connectivity index is 1.66. The van der Waals surface area contributed by atoms with Gasteiger partial charge in [-0.2, -0.15) is 23.5 Å². The van der Waals surface area contributed by atoms with Crippen LogP contribution in [0.3, 0.4) is 0 Å². The molecule has 0 radical (unpaired) electrons. The third-order valence-electron chi connectivity index (χ3n) is 6.97. The molecule has 0 spiro atoms. The van der Waals surface area contributed by atoms with E-state index >= 15 is 0 Å². The number of H-pyrrole nitrogens is 1. The molecule has 10 nitrogen and oxygen atoms in total. The van der Waals surface area contributed by atoms with Crippen LogP contribution in [0.25, 0.3) is 10.9 Å². The molecule has 1 fully saturated rings. The Bertz CT molecular complexity index is 1550. The lowest BCUT2D eigenvalue weighted by molar-refractivity contribution is -0.176. The quantitative estimate of drug-likeness (QED) is 0.298. The molecule has 13 heteroatoms. The van der Waals surface area contributed by atoms with Crippen molar-refractivity contribution in [1.29, 1.82) is 5.26 Å². The number of esters is 1. The van der Waals surface area contributed by atoms with Crippen LogP contribution < -0.4 is 16.2 Å². The molecule has 3 N–H and O–H groups in total. The highest BCUT2D eigenvalue weighted by Gasteiger charge is 2.44. The molecular weight excluding hydrogens is 565 g/mol. The molecule has 43 heavy (non-hydrogen) atoms. The van der Waals surface area contributed by atoms with Gasteiger partial charge in [0.15, 0.2) is 11.9 Å². The molecule has 1 aliphatic heterocycles. The summed E-state index contributed by atoms with van der Waals surface area (Å²) in [5.41, 5.74) is -2.01. The Morgan fingerprint density at radius 1 is 1.21 bits per heavy atom. The van der Waals surface area contributed by atoms with Crippen LogP contribution in [-0.4, -0.2) is 50.8 Å². The van der Waals surface area contributed by atoms with Crippen molar-refractivity contribution in [1.82, 2.24) is 20.1 Å². The van der Waals surface area contributed by atoms with Crippen molar-refractivity contribution >= 4 is 28.4 Å². The number of aromatic amines is 1. The highest BCUT2D eigenvalue weighted by atomic mass is 19.4. The maximum absolute atomic E-state index is 13.8. The van der Waals surface area contributed by atoms with E-state index in [1.807, 2.05) is 0 Å². The number of carbonyl (C=O) groups is 1. The van der Waals surface area contributed by atoms with Gasteiger partial charge in [-0.1, -0.05) is 12.1 Å². The second-order valence-electron chi connectivity index (χ2n) is 12.9. The minimum Gasteiger partial charge on any atom is -0.458 e. The number of carbonyl (C=O) groups excluding carboxylic acids is 1. The first-order chi connectivity index (χ1) is 19.9. The number of hydrogen-bond donors (Lipinski definition) is 3. The second-order valence-corrected chi connectivity index (χ2v) is 12.9. The van der Waals surface area contributed by atoms with Crippen LogP contribution in [0.5, 0.6) is 0 Å². The Hall–Kier alpha value is -3.89. The summed E-state index contributed by atoms with van der Waals surface area (Å²) >= 11 is 0. The number of hydrogen-bond acceptors (Lipinski definition) is 8. The fourth-order valence-corrected chi connectivity index (χ4v) is 5.10. The van der Waals surface area contributed by atoms with E-state index in [-0.39, 0.29) is 36.2 Å². The highest BCUT2D eigenvalue weighted by Crippen LogP contribution is 2.38. The molecule has 1 aromatic carbocycles. The lowest BCUT2D eigenvalue weighted by atomic mass is 9.87. The summed E-state index contributed by atoms with van der Waals surface area (Å²) < 4.78 is 54.5. The summed E-state index contributed by atoms with van der Waals surface area (Å²) in [4.78, 5) is 28.2. The van der Waals surface area contributed by atoms with Crippen LogP contribution in [0.1, 0.15) is 72.4 Å². The van der Waals surface area contributed by atoms with E-state index in [9.17, 15) is 28.0 Å². The Kier molecular flexibility index (Phi) is 8.68. The van der Waals surface area contributed by atoms with Crippen molar-refractivity contribution in [2.24, 2.45) is 0 Å². The Morgan fingerprint density at radius 2 is 1.88 bits per heavy atom. The fraction of sp³-hybridized carbons (Fsp3) is 0.533. The van der Waals surface area contributed by atoms with Crippen molar-refractivity contribution in [3.63, 3.8) is 0 Å². The monoisotopic (exact) mass is 602 g/mol. The normalized spacial score (nSPS) is 20.4. The van der Waals surface area contributed by atoms with E-state index in [0.29, 0.717) is 17.6 Å². The van der Waals surface area contributed by atoms with Gasteiger partial charge in [-0.25, -0.2) is 4.79 Å². The van der Waals surface area contributed by atoms with Gasteiger partial charge in [0.05, 0.1) is 30.2 Å². The van der Waals surface area contributed by atoms with Crippen LogP contribution in [-0.2, 0) is 19.8 Å². The SMILES string of the molecule is CC(C)(C)NC(c1ccc(Nc2nn(C3(CC#N)CCC(C(=O)OC(C)(C)C)OC3)c3cc[nH]c(=O)c23)cc1)C(F)(F)F. The summed E-state index contributed by atoms with van der Waals surface area (Å²) in [5, 5.41) is 20.3. The van der Waals surface area contributed by atoms with E-state index in [4.69, 9.17) is 9.47 Å². The maximum atomic E-state index is 13.8. The van der Waals surface area contributed by atoms with E-state index in [1.165, 1.54) is 30.5 Å². The van der Waals surface area contributed by atoms with Crippen molar-refractivity contribution in [3.8, 4) is 6.07 Å². The standard InChI is InChI=1S/C30H37F3N6O4/c1-27(2,3)37-23(30(31,32)33)18-7-9-19(10-8-18)36-24-22-20(12-16-35-25(22)40)39(38-24)29(14-15-34)13-11-21(42-17-29)26(41)43-28(4,5)6/h7-10,12,16,21,23,37H,11,13-14,17H2,1-6H3,(H,35,40)(H,36,38). The molecule has 4 rings (SSSR count). The zero-order chi connectivity index (χ0) is 31.8. The maximum Gasteiger partial charge on any atom is 0.407 e. The average molecular weight is 603 g/mol. The van der Waals surface area contributed by atoms with Crippen LogP contribution in [0.2, 0.25) is 0 Å². The van der Waals surface area contributed by atoms with Gasteiger partial charge in [0.2, 0.25) is 0 Å². The number of pyridine rings is 1. The van der Waals surface area contributed by atoms with Gasteiger partial charge in [-0.3, -0.25) is 14.8 Å². The number of nitrogens with one attached hydrogen (secondary N) is 3. The summed E-state index contributed by atoms with van der Waals surface area (Å²) in [7, 11) is 0. The smallest absolute Gasteiger partial charge is 0.407 e. The number of fused-ring (bicyclic) bond motifs is 1. The number of nitriles is 1. The van der Waals surface area contributed by atoms with Gasteiger partial charge in [-0.15, -0.1) is 0 Å². The molecule has 3 aromatic rings. The van der Waals surface area contributed by atoms with Gasteiger partial charge in [0.25, 0.3) is 5.56 Å². The van der Waals surface area contributed by atoms with E-state index in [1.54, 1.807) is 52.3 Å². The van der Waals surface area contributed by atoms with E-state index in [2.05, 4.69) is 26.8 Å². The third kappa shape index (κ3) is 7.37. The first kappa shape index (κ1) is 32.0. The fourth-order valence-electron chi connectivity index (χ4n) is 5.10. The number of rotatable bonds is 7. The lowest BCUT2D eigenvalue weighted by Gasteiger charge is -2.39. The zero-order valence-corrected chi connectivity index (χ0v) is 25.1. The van der Waals surface area contributed by atoms with Gasteiger partial charge in [-0.05, 0) is 78.1 Å². The second kappa shape index (κ2) is 11.7. The highest BCUT2D eigenvalue weighted by molar-refractivity contribution is 5.91. The third-order valence-corrected chi connectivity index (χ3v) is 6.97. The molecule has 1 aliphatic rings. The first-order valence-corrected chi connectivity index (χ1v) is 14.0. The average Bonchev–Trinajstić information content (AvgIpc) is 3.26. The van der Waals surface area contributed by atoms with Gasteiger partial charge in [0, 0.05) is 17.4 Å². The molecule has 0 bridgehead atoms. The molecule has 0 amide bonds. The molecule has 3 unspecified atom stereocenters. The van der Waals surface area contributed by atoms with Crippen molar-refractivity contribution in [3.05, 3.63) is 52.4 Å². The molecule has 1 saturated heterocycles.